The van der Waals surface area contributed by atoms with Gasteiger partial charge in [-0.15, -0.1) is 0 Å². The number of methoxy groups -OCH3 is 1. The van der Waals surface area contributed by atoms with Crippen LogP contribution in [0.3, 0.4) is 0 Å². The van der Waals surface area contributed by atoms with Crippen molar-refractivity contribution in [1.29, 1.82) is 0 Å². The van der Waals surface area contributed by atoms with Crippen molar-refractivity contribution in [3.8, 4) is 0 Å². The van der Waals surface area contributed by atoms with E-state index in [4.69, 9.17) is 9.84 Å². The van der Waals surface area contributed by atoms with Gasteiger partial charge in [0.05, 0.1) is 6.61 Å². The number of nitrogens with one attached hydrogen (secondary N) is 2. The highest BCUT2D eigenvalue weighted by molar-refractivity contribution is 5.85. The first-order chi connectivity index (χ1) is 7.97. The maximum absolute atomic E-state index is 11.3. The van der Waals surface area contributed by atoms with E-state index in [1.807, 2.05) is 0 Å². The standard InChI is InChI=1S/C9H17N3O5/c1-12(9(16)11-5-8(14)15)6-7(13)10-3-4-17-2/h3-6H2,1-2H3,(H,10,13)(H,11,16)(H,14,15). The van der Waals surface area contributed by atoms with Crippen LogP contribution in [0.2, 0.25) is 0 Å². The second-order valence-corrected chi connectivity index (χ2v) is 3.25. The first kappa shape index (κ1) is 15.2. The summed E-state index contributed by atoms with van der Waals surface area (Å²) in [6.45, 7) is 0.129. The summed E-state index contributed by atoms with van der Waals surface area (Å²) in [6, 6.07) is -0.616. The highest BCUT2D eigenvalue weighted by Gasteiger charge is 2.12. The Bertz CT molecular complexity index is 282. The lowest BCUT2D eigenvalue weighted by Gasteiger charge is -2.16. The fourth-order valence-corrected chi connectivity index (χ4v) is 0.922. The molecule has 0 fully saturated rings. The second-order valence-electron chi connectivity index (χ2n) is 3.25. The van der Waals surface area contributed by atoms with Crippen LogP contribution < -0.4 is 10.6 Å². The third kappa shape index (κ3) is 8.03. The average molecular weight is 247 g/mol. The Balaban J connectivity index is 3.82. The van der Waals surface area contributed by atoms with Crippen molar-refractivity contribution in [2.75, 3.05) is 40.4 Å². The van der Waals surface area contributed by atoms with Crippen molar-refractivity contribution < 1.29 is 24.2 Å². The number of nitrogens with zero attached hydrogens (tertiary/aromatic N) is 1. The molecule has 8 heteroatoms. The number of carboxylic acids is 1. The summed E-state index contributed by atoms with van der Waals surface area (Å²) in [5.41, 5.74) is 0. The van der Waals surface area contributed by atoms with Crippen molar-refractivity contribution in [2.45, 2.75) is 0 Å². The van der Waals surface area contributed by atoms with Crippen molar-refractivity contribution in [2.24, 2.45) is 0 Å². The number of hydrogen-bond donors (Lipinski definition) is 3. The molecule has 0 heterocycles. The number of hydrogen-bond acceptors (Lipinski definition) is 4. The van der Waals surface area contributed by atoms with Crippen molar-refractivity contribution >= 4 is 17.9 Å². The fourth-order valence-electron chi connectivity index (χ4n) is 0.922. The molecule has 0 saturated carbocycles. The molecule has 3 N–H and O–H groups in total. The Morgan fingerprint density at radius 2 is 1.94 bits per heavy atom. The third-order valence-electron chi connectivity index (χ3n) is 1.75. The number of carboxylic acid groups (broad SMARTS) is 1. The summed E-state index contributed by atoms with van der Waals surface area (Å²) in [6.07, 6.45) is 0. The van der Waals surface area contributed by atoms with Crippen LogP contribution in [0.1, 0.15) is 0 Å². The summed E-state index contributed by atoms with van der Waals surface area (Å²) in [5.74, 6) is -1.48. The molecule has 0 radical (unpaired) electrons. The molecule has 0 atom stereocenters. The highest BCUT2D eigenvalue weighted by Crippen LogP contribution is 1.84. The van der Waals surface area contributed by atoms with E-state index in [1.165, 1.54) is 14.2 Å². The predicted molar refractivity (Wildman–Crippen MR) is 58.6 cm³/mol. The van der Waals surface area contributed by atoms with Gasteiger partial charge in [-0.05, 0) is 0 Å². The number of carbonyl (C=O) groups is 3. The molecule has 8 nitrogen and oxygen atoms in total. The summed E-state index contributed by atoms with van der Waals surface area (Å²) < 4.78 is 4.74. The first-order valence-electron chi connectivity index (χ1n) is 4.93. The van der Waals surface area contributed by atoms with Gasteiger partial charge in [-0.1, -0.05) is 0 Å². The van der Waals surface area contributed by atoms with Gasteiger partial charge in [-0.2, -0.15) is 0 Å². The van der Waals surface area contributed by atoms with Crippen LogP contribution in [0, 0.1) is 0 Å². The Kier molecular flexibility index (Phi) is 7.44. The maximum Gasteiger partial charge on any atom is 0.323 e. The molecule has 0 aromatic carbocycles. The molecule has 3 amide bonds. The number of carbonyl (C=O) groups excluding carboxylic acids is 2. The summed E-state index contributed by atoms with van der Waals surface area (Å²) >= 11 is 0. The van der Waals surface area contributed by atoms with Gasteiger partial charge in [-0.25, -0.2) is 4.79 Å². The minimum absolute atomic E-state index is 0.144. The van der Waals surface area contributed by atoms with Crippen LogP contribution in [0.15, 0.2) is 0 Å². The molecular weight excluding hydrogens is 230 g/mol. The Labute approximate surface area is 98.9 Å². The van der Waals surface area contributed by atoms with E-state index >= 15 is 0 Å². The normalized spacial score (nSPS) is 9.53. The summed E-state index contributed by atoms with van der Waals surface area (Å²) in [7, 11) is 2.91. The van der Waals surface area contributed by atoms with Gasteiger partial charge < -0.3 is 25.4 Å². The molecule has 0 unspecified atom stereocenters. The van der Waals surface area contributed by atoms with Crippen LogP contribution in [-0.4, -0.2) is 68.3 Å². The zero-order valence-electron chi connectivity index (χ0n) is 9.86. The van der Waals surface area contributed by atoms with Gasteiger partial charge in [0.15, 0.2) is 0 Å². The van der Waals surface area contributed by atoms with Crippen LogP contribution in [0.5, 0.6) is 0 Å². The Morgan fingerprint density at radius 1 is 1.29 bits per heavy atom. The number of likely N-dealkylation sites (N-methyl/N-ethyl adjacent to an activating group) is 1. The third-order valence-corrected chi connectivity index (χ3v) is 1.75. The summed E-state index contributed by atoms with van der Waals surface area (Å²) in [4.78, 5) is 33.8. The van der Waals surface area contributed by atoms with Gasteiger partial charge in [0.25, 0.3) is 0 Å². The molecule has 0 aliphatic carbocycles. The summed E-state index contributed by atoms with van der Waals surface area (Å²) in [5, 5.41) is 13.0. The zero-order valence-corrected chi connectivity index (χ0v) is 9.86. The predicted octanol–water partition coefficient (Wildman–Crippen LogP) is -1.52. The number of urea groups is 1. The number of rotatable bonds is 7. The highest BCUT2D eigenvalue weighted by atomic mass is 16.5. The second kappa shape index (κ2) is 8.34. The van der Waals surface area contributed by atoms with Crippen LogP contribution in [0.4, 0.5) is 4.79 Å². The van der Waals surface area contributed by atoms with Crippen LogP contribution in [0.25, 0.3) is 0 Å². The van der Waals surface area contributed by atoms with Crippen molar-refractivity contribution in [3.63, 3.8) is 0 Å². The SMILES string of the molecule is COCCNC(=O)CN(C)C(=O)NCC(=O)O. The van der Waals surface area contributed by atoms with Gasteiger partial charge in [0.2, 0.25) is 5.91 Å². The van der Waals surface area contributed by atoms with Crippen LogP contribution in [-0.2, 0) is 14.3 Å². The smallest absolute Gasteiger partial charge is 0.323 e. The Hall–Kier alpha value is -1.83. The van der Waals surface area contributed by atoms with Crippen molar-refractivity contribution in [3.05, 3.63) is 0 Å². The van der Waals surface area contributed by atoms with E-state index in [9.17, 15) is 14.4 Å². The van der Waals surface area contributed by atoms with Crippen molar-refractivity contribution in [1.82, 2.24) is 15.5 Å². The lowest BCUT2D eigenvalue weighted by Crippen LogP contribution is -2.45. The zero-order chi connectivity index (χ0) is 13.3. The van der Waals surface area contributed by atoms with Gasteiger partial charge in [0, 0.05) is 20.7 Å². The number of ether oxygens (including phenoxy) is 1. The lowest BCUT2D eigenvalue weighted by molar-refractivity contribution is -0.135. The largest absolute Gasteiger partial charge is 0.480 e. The topological polar surface area (TPSA) is 108 Å². The van der Waals surface area contributed by atoms with E-state index in [0.29, 0.717) is 13.2 Å². The minimum atomic E-state index is -1.14. The van der Waals surface area contributed by atoms with Gasteiger partial charge >= 0.3 is 12.0 Å². The molecule has 0 rings (SSSR count). The monoisotopic (exact) mass is 247 g/mol. The molecular formula is C9H17N3O5. The Morgan fingerprint density at radius 3 is 2.47 bits per heavy atom. The molecule has 0 aromatic heterocycles. The molecule has 0 aliphatic rings. The van der Waals surface area contributed by atoms with Crippen LogP contribution >= 0.6 is 0 Å². The van der Waals surface area contributed by atoms with E-state index in [2.05, 4.69) is 10.6 Å². The van der Waals surface area contributed by atoms with E-state index in [-0.39, 0.29) is 12.5 Å². The van der Waals surface area contributed by atoms with Gasteiger partial charge in [-0.3, -0.25) is 9.59 Å². The molecule has 17 heavy (non-hydrogen) atoms. The lowest BCUT2D eigenvalue weighted by atomic mass is 10.5. The van der Waals surface area contributed by atoms with Gasteiger partial charge in [0.1, 0.15) is 13.1 Å². The fraction of sp³-hybridized carbons (Fsp3) is 0.667. The molecule has 0 bridgehead atoms. The molecule has 0 aromatic rings. The molecule has 98 valence electrons. The average Bonchev–Trinajstić information content (AvgIpc) is 2.26. The van der Waals surface area contributed by atoms with E-state index < -0.39 is 18.5 Å². The van der Waals surface area contributed by atoms with E-state index in [1.54, 1.807) is 0 Å². The van der Waals surface area contributed by atoms with E-state index in [0.717, 1.165) is 4.90 Å². The number of amides is 3. The quantitative estimate of drug-likeness (QED) is 0.473. The number of aliphatic carboxylic acids is 1. The first-order valence-corrected chi connectivity index (χ1v) is 4.93. The molecule has 0 saturated heterocycles. The molecule has 0 aliphatic heterocycles. The minimum Gasteiger partial charge on any atom is -0.480 e. The maximum atomic E-state index is 11.3. The molecule has 0 spiro atoms.